The van der Waals surface area contributed by atoms with Crippen LogP contribution in [-0.2, 0) is 23.3 Å². The summed E-state index contributed by atoms with van der Waals surface area (Å²) in [4.78, 5) is 57.1. The van der Waals surface area contributed by atoms with Crippen molar-refractivity contribution in [3.63, 3.8) is 0 Å². The fourth-order valence-corrected chi connectivity index (χ4v) is 7.62. The molecule has 3 unspecified atom stereocenters. The first-order chi connectivity index (χ1) is 15.1. The number of hydrogen-bond acceptors (Lipinski definition) is 8. The van der Waals surface area contributed by atoms with Gasteiger partial charge in [0, 0.05) is 57.8 Å². The molecule has 3 atom stereocenters. The van der Waals surface area contributed by atoms with E-state index in [1.807, 2.05) is 0 Å². The summed E-state index contributed by atoms with van der Waals surface area (Å²) in [5.41, 5.74) is 0. The topological polar surface area (TPSA) is 196 Å². The Labute approximate surface area is 193 Å². The predicted octanol–water partition coefficient (Wildman–Crippen LogP) is 0.559. The smallest absolute Gasteiger partial charge is 0.303 e. The van der Waals surface area contributed by atoms with Crippen LogP contribution in [0.4, 0.5) is 0 Å². The highest BCUT2D eigenvalue weighted by molar-refractivity contribution is 7.58. The van der Waals surface area contributed by atoms with Crippen molar-refractivity contribution >= 4 is 34.0 Å². The first-order valence-corrected chi connectivity index (χ1v) is 16.8. The molecule has 0 saturated carbocycles. The molecule has 16 heteroatoms. The van der Waals surface area contributed by atoms with Crippen LogP contribution in [-0.4, -0.2) is 128 Å². The summed E-state index contributed by atoms with van der Waals surface area (Å²) in [7, 11) is -11.0. The molecule has 1 fully saturated rings. The standard InChI is InChI=1S/C17H36N3O10P3/c1-2-31(25,26)13-18-5-7-19(14-32(27,28)11-3-16(21)22)9-10-20(8-6-18)15-33(29,30)12-4-17(23)24/h2-15H2,1H3,(H,21,22)(H,23,24)(H,25,26)(H,27,28)(H,29,30). The lowest BCUT2D eigenvalue weighted by atomic mass is 10.5. The maximum Gasteiger partial charge on any atom is 0.303 e. The number of nitrogens with zero attached hydrogens (tertiary/aromatic N) is 3. The molecule has 1 rings (SSSR count). The van der Waals surface area contributed by atoms with Gasteiger partial charge in [0.05, 0.1) is 31.7 Å². The Morgan fingerprint density at radius 3 is 1.15 bits per heavy atom. The normalized spacial score (nSPS) is 22.8. The van der Waals surface area contributed by atoms with Crippen molar-refractivity contribution in [2.75, 3.05) is 76.6 Å². The third-order valence-corrected chi connectivity index (χ3v) is 10.7. The van der Waals surface area contributed by atoms with E-state index in [-0.39, 0.29) is 50.4 Å². The number of carboxylic acids is 2. The Bertz CT molecular complexity index is 759. The van der Waals surface area contributed by atoms with Crippen molar-refractivity contribution in [2.24, 2.45) is 0 Å². The van der Waals surface area contributed by atoms with Crippen LogP contribution in [0.1, 0.15) is 19.8 Å². The maximum absolute atomic E-state index is 12.5. The molecule has 0 aliphatic carbocycles. The van der Waals surface area contributed by atoms with Crippen LogP contribution < -0.4 is 0 Å². The summed E-state index contributed by atoms with van der Waals surface area (Å²) < 4.78 is 37.2. The molecule has 33 heavy (non-hydrogen) atoms. The van der Waals surface area contributed by atoms with Gasteiger partial charge in [-0.05, 0) is 0 Å². The zero-order chi connectivity index (χ0) is 25.3. The average Bonchev–Trinajstić information content (AvgIpc) is 2.77. The summed E-state index contributed by atoms with van der Waals surface area (Å²) >= 11 is 0. The predicted molar refractivity (Wildman–Crippen MR) is 124 cm³/mol. The first kappa shape index (κ1) is 30.4. The number of hydrogen-bond donors (Lipinski definition) is 5. The Morgan fingerprint density at radius 2 is 0.909 bits per heavy atom. The molecule has 1 saturated heterocycles. The molecule has 0 bridgehead atoms. The minimum Gasteiger partial charge on any atom is -0.481 e. The van der Waals surface area contributed by atoms with Crippen molar-refractivity contribution < 1.29 is 48.2 Å². The second kappa shape index (κ2) is 13.5. The lowest BCUT2D eigenvalue weighted by Gasteiger charge is -2.28. The molecule has 0 amide bonds. The highest BCUT2D eigenvalue weighted by Crippen LogP contribution is 2.44. The molecule has 0 aromatic heterocycles. The van der Waals surface area contributed by atoms with Gasteiger partial charge in [0.2, 0.25) is 22.1 Å². The highest BCUT2D eigenvalue weighted by Gasteiger charge is 2.29. The summed E-state index contributed by atoms with van der Waals surface area (Å²) in [6.07, 6.45) is -2.17. The number of rotatable bonds is 13. The van der Waals surface area contributed by atoms with Gasteiger partial charge < -0.3 is 24.9 Å². The van der Waals surface area contributed by atoms with Gasteiger partial charge in [-0.15, -0.1) is 0 Å². The molecule has 0 radical (unpaired) electrons. The van der Waals surface area contributed by atoms with Crippen molar-refractivity contribution in [1.29, 1.82) is 0 Å². The molecular formula is C17H36N3O10P3. The first-order valence-electron chi connectivity index (χ1n) is 10.7. The Morgan fingerprint density at radius 1 is 0.636 bits per heavy atom. The largest absolute Gasteiger partial charge is 0.481 e. The number of carbonyl (C=O) groups is 2. The minimum absolute atomic E-state index is 0.0823. The van der Waals surface area contributed by atoms with Crippen LogP contribution >= 0.6 is 22.1 Å². The molecule has 1 heterocycles. The van der Waals surface area contributed by atoms with Gasteiger partial charge >= 0.3 is 11.9 Å². The summed E-state index contributed by atoms with van der Waals surface area (Å²) in [6, 6.07) is 0. The van der Waals surface area contributed by atoms with E-state index in [0.717, 1.165) is 0 Å². The van der Waals surface area contributed by atoms with Crippen LogP contribution in [0.3, 0.4) is 0 Å². The van der Waals surface area contributed by atoms with Crippen molar-refractivity contribution in [2.45, 2.75) is 19.8 Å². The molecule has 5 N–H and O–H groups in total. The average molecular weight is 535 g/mol. The third kappa shape index (κ3) is 13.8. The van der Waals surface area contributed by atoms with Gasteiger partial charge in [0.1, 0.15) is 0 Å². The van der Waals surface area contributed by atoms with Crippen LogP contribution in [0.25, 0.3) is 0 Å². The zero-order valence-corrected chi connectivity index (χ0v) is 21.5. The highest BCUT2D eigenvalue weighted by atomic mass is 31.2. The van der Waals surface area contributed by atoms with Gasteiger partial charge in [-0.2, -0.15) is 0 Å². The monoisotopic (exact) mass is 535 g/mol. The van der Waals surface area contributed by atoms with Crippen LogP contribution in [0.15, 0.2) is 0 Å². The van der Waals surface area contributed by atoms with Crippen LogP contribution in [0.5, 0.6) is 0 Å². The van der Waals surface area contributed by atoms with Crippen LogP contribution in [0, 0.1) is 0 Å². The van der Waals surface area contributed by atoms with E-state index in [1.165, 1.54) is 0 Å². The van der Waals surface area contributed by atoms with E-state index in [1.54, 1.807) is 21.6 Å². The fraction of sp³-hybridized carbons (Fsp3) is 0.882. The molecule has 0 aromatic rings. The number of carboxylic acid groups (broad SMARTS) is 2. The fourth-order valence-electron chi connectivity index (χ4n) is 3.33. The quantitative estimate of drug-likeness (QED) is 0.205. The van der Waals surface area contributed by atoms with E-state index in [0.29, 0.717) is 26.2 Å². The molecule has 13 nitrogen and oxygen atoms in total. The Hall–Kier alpha value is -0.610. The van der Waals surface area contributed by atoms with Gasteiger partial charge in [-0.25, -0.2) is 0 Å². The lowest BCUT2D eigenvalue weighted by Crippen LogP contribution is -2.37. The van der Waals surface area contributed by atoms with E-state index >= 15 is 0 Å². The van der Waals surface area contributed by atoms with Gasteiger partial charge in [0.15, 0.2) is 0 Å². The van der Waals surface area contributed by atoms with Gasteiger partial charge in [0.25, 0.3) is 0 Å². The minimum atomic E-state index is -3.78. The van der Waals surface area contributed by atoms with E-state index < -0.39 is 46.9 Å². The van der Waals surface area contributed by atoms with Crippen molar-refractivity contribution in [1.82, 2.24) is 14.7 Å². The summed E-state index contributed by atoms with van der Waals surface area (Å²) in [6.45, 7) is 3.37. The van der Waals surface area contributed by atoms with E-state index in [4.69, 9.17) is 10.2 Å². The summed E-state index contributed by atoms with van der Waals surface area (Å²) in [5.74, 6) is -2.35. The molecule has 194 valence electrons. The molecule has 1 aliphatic heterocycles. The Balaban J connectivity index is 2.95. The molecule has 1 aliphatic rings. The second-order valence-corrected chi connectivity index (χ2v) is 15.8. The molecule has 0 aromatic carbocycles. The molecular weight excluding hydrogens is 499 g/mol. The second-order valence-electron chi connectivity index (χ2n) is 8.37. The van der Waals surface area contributed by atoms with Crippen LogP contribution in [0.2, 0.25) is 0 Å². The molecule has 0 spiro atoms. The Kier molecular flexibility index (Phi) is 12.4. The van der Waals surface area contributed by atoms with E-state index in [9.17, 15) is 38.0 Å². The van der Waals surface area contributed by atoms with Crippen molar-refractivity contribution in [3.05, 3.63) is 0 Å². The SMILES string of the molecule is CCP(=O)(O)CN1CCN(CP(=O)(O)CCC(=O)O)CCN(CP(=O)(O)CCC(=O)O)CC1. The summed E-state index contributed by atoms with van der Waals surface area (Å²) in [5, 5.41) is 17.6. The lowest BCUT2D eigenvalue weighted by molar-refractivity contribution is -0.137. The maximum atomic E-state index is 12.5. The third-order valence-electron chi connectivity index (χ3n) is 5.30. The van der Waals surface area contributed by atoms with Gasteiger partial charge in [-0.3, -0.25) is 38.0 Å². The zero-order valence-electron chi connectivity index (χ0n) is 18.9. The van der Waals surface area contributed by atoms with E-state index in [2.05, 4.69) is 0 Å². The van der Waals surface area contributed by atoms with Crippen molar-refractivity contribution in [3.8, 4) is 0 Å². The number of aliphatic carboxylic acids is 2. The van der Waals surface area contributed by atoms with Gasteiger partial charge in [-0.1, -0.05) is 6.92 Å².